The van der Waals surface area contributed by atoms with Gasteiger partial charge in [0.2, 0.25) is 0 Å². The minimum Gasteiger partial charge on any atom is -0.395 e. The number of hydrogen-bond acceptors (Lipinski definition) is 4. The first-order valence-corrected chi connectivity index (χ1v) is 8.19. The molecule has 0 aliphatic heterocycles. The number of halogens is 1. The van der Waals surface area contributed by atoms with Crippen molar-refractivity contribution in [1.82, 2.24) is 9.13 Å². The van der Waals surface area contributed by atoms with Gasteiger partial charge in [0.1, 0.15) is 0 Å². The molecule has 0 amide bonds. The van der Waals surface area contributed by atoms with Gasteiger partial charge >= 0.3 is 5.69 Å². The second-order valence-electron chi connectivity index (χ2n) is 5.75. The normalized spacial score (nSPS) is 11.0. The molecule has 3 rings (SSSR count). The minimum absolute atomic E-state index is 0.00717. The van der Waals surface area contributed by atoms with Crippen molar-refractivity contribution in [2.45, 2.75) is 6.92 Å². The van der Waals surface area contributed by atoms with Crippen molar-refractivity contribution < 1.29 is 5.11 Å². The summed E-state index contributed by atoms with van der Waals surface area (Å²) in [6.45, 7) is 2.22. The summed E-state index contributed by atoms with van der Waals surface area (Å²) in [7, 11) is 1.63. The smallest absolute Gasteiger partial charge is 0.335 e. The van der Waals surface area contributed by atoms with Crippen LogP contribution in [-0.4, -0.2) is 27.4 Å². The van der Waals surface area contributed by atoms with Gasteiger partial charge in [-0.25, -0.2) is 9.36 Å². The van der Waals surface area contributed by atoms with Crippen molar-refractivity contribution in [1.29, 1.82) is 0 Å². The highest BCUT2D eigenvalue weighted by atomic mass is 35.5. The summed E-state index contributed by atoms with van der Waals surface area (Å²) in [5, 5.41) is 12.9. The van der Waals surface area contributed by atoms with Crippen molar-refractivity contribution in [3.8, 4) is 5.69 Å². The highest BCUT2D eigenvalue weighted by Crippen LogP contribution is 2.23. The van der Waals surface area contributed by atoms with Gasteiger partial charge in [-0.2, -0.15) is 0 Å². The maximum Gasteiger partial charge on any atom is 0.335 e. The Morgan fingerprint density at radius 2 is 1.96 bits per heavy atom. The number of aliphatic hydroxyl groups is 1. The number of nitrogens with zero attached hydrogens (tertiary/aromatic N) is 2. The third-order valence-corrected chi connectivity index (χ3v) is 4.41. The summed E-state index contributed by atoms with van der Waals surface area (Å²) in [5.74, 6) is 0. The van der Waals surface area contributed by atoms with Crippen LogP contribution < -0.4 is 16.6 Å². The van der Waals surface area contributed by atoms with Crippen LogP contribution in [0.15, 0.2) is 46.0 Å². The van der Waals surface area contributed by atoms with Crippen LogP contribution in [0.5, 0.6) is 0 Å². The van der Waals surface area contributed by atoms with Crippen molar-refractivity contribution in [3.63, 3.8) is 0 Å². The molecule has 6 nitrogen and oxygen atoms in total. The van der Waals surface area contributed by atoms with Crippen molar-refractivity contribution in [3.05, 3.63) is 67.8 Å². The average molecular weight is 360 g/mol. The van der Waals surface area contributed by atoms with E-state index in [4.69, 9.17) is 16.7 Å². The number of hydrogen-bond donors (Lipinski definition) is 2. The van der Waals surface area contributed by atoms with Gasteiger partial charge in [-0.15, -0.1) is 0 Å². The van der Waals surface area contributed by atoms with Gasteiger partial charge in [-0.3, -0.25) is 9.36 Å². The van der Waals surface area contributed by atoms with Gasteiger partial charge in [0.05, 0.1) is 23.2 Å². The summed E-state index contributed by atoms with van der Waals surface area (Å²) in [6.07, 6.45) is 0. The highest BCUT2D eigenvalue weighted by Gasteiger charge is 2.16. The van der Waals surface area contributed by atoms with Crippen LogP contribution in [-0.2, 0) is 7.05 Å². The molecule has 0 saturated carbocycles. The number of anilines is 1. The first-order valence-electron chi connectivity index (χ1n) is 7.81. The monoisotopic (exact) mass is 359 g/mol. The predicted octanol–water partition coefficient (Wildman–Crippen LogP) is 2.06. The molecule has 0 aliphatic rings. The summed E-state index contributed by atoms with van der Waals surface area (Å²) in [6, 6.07) is 10.1. The van der Waals surface area contributed by atoms with Gasteiger partial charge < -0.3 is 10.4 Å². The lowest BCUT2D eigenvalue weighted by atomic mass is 10.1. The quantitative estimate of drug-likeness (QED) is 0.747. The lowest BCUT2D eigenvalue weighted by Crippen LogP contribution is -2.38. The Bertz CT molecular complexity index is 1070. The minimum atomic E-state index is -0.442. The zero-order valence-electron chi connectivity index (χ0n) is 13.9. The van der Waals surface area contributed by atoms with Gasteiger partial charge in [-0.05, 0) is 42.8 Å². The number of rotatable bonds is 4. The Labute approximate surface area is 148 Å². The lowest BCUT2D eigenvalue weighted by Gasteiger charge is -2.15. The van der Waals surface area contributed by atoms with E-state index in [1.165, 1.54) is 4.57 Å². The lowest BCUT2D eigenvalue weighted by molar-refractivity contribution is 0.311. The third-order valence-electron chi connectivity index (χ3n) is 4.17. The van der Waals surface area contributed by atoms with Crippen LogP contribution in [0.3, 0.4) is 0 Å². The molecule has 0 unspecified atom stereocenters. The molecule has 0 spiro atoms. The standard InChI is InChI=1S/C18H18ClN3O3/c1-11-15(20-8-9-23)7-6-14-16(11)21(2)18(25)22(17(14)24)13-5-3-4-12(19)10-13/h3-7,10,20,23H,8-9H2,1-2H3. The summed E-state index contributed by atoms with van der Waals surface area (Å²) in [4.78, 5) is 25.8. The molecular weight excluding hydrogens is 342 g/mol. The van der Waals surface area contributed by atoms with Gasteiger partial charge in [0, 0.05) is 24.3 Å². The zero-order valence-corrected chi connectivity index (χ0v) is 14.7. The molecule has 2 N–H and O–H groups in total. The molecule has 2 aromatic carbocycles. The molecule has 0 radical (unpaired) electrons. The fraction of sp³-hybridized carbons (Fsp3) is 0.222. The van der Waals surface area contributed by atoms with E-state index in [0.29, 0.717) is 28.2 Å². The number of benzene rings is 2. The Kier molecular flexibility index (Phi) is 4.65. The first kappa shape index (κ1) is 17.3. The molecule has 7 heteroatoms. The number of nitrogens with one attached hydrogen (secondary N) is 1. The Balaban J connectivity index is 2.34. The Hall–Kier alpha value is -2.57. The van der Waals surface area contributed by atoms with Crippen molar-refractivity contribution in [2.24, 2.45) is 7.05 Å². The molecule has 1 aromatic heterocycles. The van der Waals surface area contributed by atoms with Crippen LogP contribution in [0.4, 0.5) is 5.69 Å². The maximum absolute atomic E-state index is 12.9. The number of aromatic nitrogens is 2. The summed E-state index contributed by atoms with van der Waals surface area (Å²) < 4.78 is 2.57. The highest BCUT2D eigenvalue weighted by molar-refractivity contribution is 6.30. The van der Waals surface area contributed by atoms with Gasteiger partial charge in [0.15, 0.2) is 0 Å². The molecule has 0 saturated heterocycles. The van der Waals surface area contributed by atoms with E-state index in [-0.39, 0.29) is 6.61 Å². The van der Waals surface area contributed by atoms with E-state index in [2.05, 4.69) is 5.32 Å². The predicted molar refractivity (Wildman–Crippen MR) is 100 cm³/mol. The Morgan fingerprint density at radius 3 is 2.64 bits per heavy atom. The van der Waals surface area contributed by atoms with E-state index < -0.39 is 11.2 Å². The molecule has 3 aromatic rings. The first-order chi connectivity index (χ1) is 12.0. The van der Waals surface area contributed by atoms with Crippen molar-refractivity contribution in [2.75, 3.05) is 18.5 Å². The van der Waals surface area contributed by atoms with E-state index in [0.717, 1.165) is 15.8 Å². The van der Waals surface area contributed by atoms with Gasteiger partial charge in [-0.1, -0.05) is 17.7 Å². The molecule has 1 heterocycles. The number of aliphatic hydroxyl groups excluding tert-OH is 1. The molecule has 0 aliphatic carbocycles. The Morgan fingerprint density at radius 1 is 1.20 bits per heavy atom. The number of fused-ring (bicyclic) bond motifs is 1. The molecule has 0 bridgehead atoms. The van der Waals surface area contributed by atoms with Crippen molar-refractivity contribution >= 4 is 28.2 Å². The van der Waals surface area contributed by atoms with Gasteiger partial charge in [0.25, 0.3) is 5.56 Å². The van der Waals surface area contributed by atoms with Crippen LogP contribution in [0.2, 0.25) is 5.02 Å². The second kappa shape index (κ2) is 6.74. The van der Waals surface area contributed by atoms with E-state index in [1.54, 1.807) is 43.4 Å². The number of aryl methyl sites for hydroxylation is 2. The van der Waals surface area contributed by atoms with Crippen LogP contribution in [0.25, 0.3) is 16.6 Å². The second-order valence-corrected chi connectivity index (χ2v) is 6.18. The molecular formula is C18H18ClN3O3. The molecule has 0 atom stereocenters. The fourth-order valence-corrected chi connectivity index (χ4v) is 3.17. The largest absolute Gasteiger partial charge is 0.395 e. The van der Waals surface area contributed by atoms with E-state index >= 15 is 0 Å². The summed E-state index contributed by atoms with van der Waals surface area (Å²) in [5.41, 5.74) is 1.72. The van der Waals surface area contributed by atoms with Crippen LogP contribution in [0, 0.1) is 6.92 Å². The SMILES string of the molecule is Cc1c(NCCO)ccc2c(=O)n(-c3cccc(Cl)c3)c(=O)n(C)c12. The molecule has 25 heavy (non-hydrogen) atoms. The fourth-order valence-electron chi connectivity index (χ4n) is 2.98. The zero-order chi connectivity index (χ0) is 18.1. The summed E-state index contributed by atoms with van der Waals surface area (Å²) >= 11 is 6.00. The molecule has 130 valence electrons. The average Bonchev–Trinajstić information content (AvgIpc) is 2.59. The third kappa shape index (κ3) is 2.94. The van der Waals surface area contributed by atoms with E-state index in [9.17, 15) is 9.59 Å². The topological polar surface area (TPSA) is 76.3 Å². The van der Waals surface area contributed by atoms with Crippen LogP contribution >= 0.6 is 11.6 Å². The molecule has 0 fully saturated rings. The van der Waals surface area contributed by atoms with Crippen LogP contribution in [0.1, 0.15) is 5.56 Å². The maximum atomic E-state index is 12.9. The van der Waals surface area contributed by atoms with E-state index in [1.807, 2.05) is 6.92 Å².